The van der Waals surface area contributed by atoms with Crippen LogP contribution in [0.1, 0.15) is 11.4 Å². The van der Waals surface area contributed by atoms with Crippen LogP contribution in [0.15, 0.2) is 24.4 Å². The second-order valence-corrected chi connectivity index (χ2v) is 4.10. The molecular formula is C11H8ClF3N4. The summed E-state index contributed by atoms with van der Waals surface area (Å²) in [5, 5.41) is 2.88. The van der Waals surface area contributed by atoms with Gasteiger partial charge in [0, 0.05) is 17.6 Å². The molecule has 0 fully saturated rings. The molecular weight excluding hydrogens is 281 g/mol. The summed E-state index contributed by atoms with van der Waals surface area (Å²) in [4.78, 5) is 11.0. The first-order valence-corrected chi connectivity index (χ1v) is 5.54. The van der Waals surface area contributed by atoms with Crippen molar-refractivity contribution in [1.82, 2.24) is 15.0 Å². The fraction of sp³-hybridized carbons (Fsp3) is 0.182. The van der Waals surface area contributed by atoms with Gasteiger partial charge in [-0.05, 0) is 25.1 Å². The van der Waals surface area contributed by atoms with Gasteiger partial charge in [0.25, 0.3) is 0 Å². The van der Waals surface area contributed by atoms with Crippen LogP contribution in [0.4, 0.5) is 24.8 Å². The topological polar surface area (TPSA) is 50.7 Å². The van der Waals surface area contributed by atoms with Crippen LogP contribution < -0.4 is 5.32 Å². The van der Waals surface area contributed by atoms with Crippen molar-refractivity contribution in [1.29, 1.82) is 0 Å². The Kier molecular flexibility index (Phi) is 3.57. The van der Waals surface area contributed by atoms with Crippen LogP contribution in [-0.4, -0.2) is 15.0 Å². The highest BCUT2D eigenvalue weighted by molar-refractivity contribution is 6.29. The third-order valence-corrected chi connectivity index (χ3v) is 2.32. The largest absolute Gasteiger partial charge is 0.433 e. The minimum Gasteiger partial charge on any atom is -0.324 e. The first kappa shape index (κ1) is 13.5. The number of nitrogens with one attached hydrogen (secondary N) is 1. The first-order valence-electron chi connectivity index (χ1n) is 5.16. The number of hydrogen-bond donors (Lipinski definition) is 1. The van der Waals surface area contributed by atoms with Crippen LogP contribution in [0, 0.1) is 6.92 Å². The highest BCUT2D eigenvalue weighted by Crippen LogP contribution is 2.28. The molecule has 2 aromatic rings. The summed E-state index contributed by atoms with van der Waals surface area (Å²) in [5.74, 6) is -0.156. The molecule has 2 rings (SSSR count). The highest BCUT2D eigenvalue weighted by Gasteiger charge is 2.32. The Morgan fingerprint density at radius 1 is 1.21 bits per heavy atom. The number of halogens is 4. The molecule has 0 aliphatic rings. The normalized spacial score (nSPS) is 11.4. The van der Waals surface area contributed by atoms with Gasteiger partial charge in [0.05, 0.1) is 0 Å². The second kappa shape index (κ2) is 5.00. The number of aryl methyl sites for hydroxylation is 1. The first-order chi connectivity index (χ1) is 8.84. The fourth-order valence-corrected chi connectivity index (χ4v) is 1.66. The predicted molar refractivity (Wildman–Crippen MR) is 64.3 cm³/mol. The third-order valence-electron chi connectivity index (χ3n) is 2.12. The maximum Gasteiger partial charge on any atom is 0.433 e. The lowest BCUT2D eigenvalue weighted by Crippen LogP contribution is -2.10. The van der Waals surface area contributed by atoms with Gasteiger partial charge in [-0.2, -0.15) is 13.2 Å². The van der Waals surface area contributed by atoms with Gasteiger partial charge in [-0.3, -0.25) is 0 Å². The molecule has 0 amide bonds. The standard InChI is InChI=1S/C11H8ClF3N4/c1-6-4-7(5-9(12)17-6)18-10-16-3-2-8(19-10)11(13,14)15/h2-5H,1H3,(H,16,17,18,19). The van der Waals surface area contributed by atoms with Crippen molar-refractivity contribution in [3.63, 3.8) is 0 Å². The number of nitrogens with zero attached hydrogens (tertiary/aromatic N) is 3. The lowest BCUT2D eigenvalue weighted by atomic mass is 10.3. The number of rotatable bonds is 2. The van der Waals surface area contributed by atoms with E-state index < -0.39 is 11.9 Å². The van der Waals surface area contributed by atoms with Gasteiger partial charge >= 0.3 is 6.18 Å². The summed E-state index contributed by atoms with van der Waals surface area (Å²) in [7, 11) is 0. The van der Waals surface area contributed by atoms with Crippen molar-refractivity contribution in [2.75, 3.05) is 5.32 Å². The second-order valence-electron chi connectivity index (χ2n) is 3.71. The van der Waals surface area contributed by atoms with E-state index in [1.54, 1.807) is 13.0 Å². The van der Waals surface area contributed by atoms with Crippen molar-refractivity contribution in [3.05, 3.63) is 40.9 Å². The lowest BCUT2D eigenvalue weighted by molar-refractivity contribution is -0.141. The van der Waals surface area contributed by atoms with Crippen molar-refractivity contribution in [3.8, 4) is 0 Å². The zero-order chi connectivity index (χ0) is 14.0. The zero-order valence-corrected chi connectivity index (χ0v) is 10.4. The van der Waals surface area contributed by atoms with Gasteiger partial charge in [-0.1, -0.05) is 11.6 Å². The van der Waals surface area contributed by atoms with E-state index >= 15 is 0 Å². The molecule has 2 heterocycles. The van der Waals surface area contributed by atoms with E-state index in [0.29, 0.717) is 11.4 Å². The molecule has 0 atom stereocenters. The molecule has 100 valence electrons. The molecule has 8 heteroatoms. The Bertz CT molecular complexity index is 580. The Balaban J connectivity index is 2.28. The minimum absolute atomic E-state index is 0.156. The molecule has 1 N–H and O–H groups in total. The Morgan fingerprint density at radius 3 is 2.58 bits per heavy atom. The number of pyridine rings is 1. The van der Waals surface area contributed by atoms with E-state index in [4.69, 9.17) is 11.6 Å². The summed E-state index contributed by atoms with van der Waals surface area (Å²) < 4.78 is 37.5. The minimum atomic E-state index is -4.51. The van der Waals surface area contributed by atoms with Crippen LogP contribution in [-0.2, 0) is 6.18 Å². The number of anilines is 2. The number of aromatic nitrogens is 3. The molecule has 0 spiro atoms. The van der Waals surface area contributed by atoms with E-state index in [2.05, 4.69) is 20.3 Å². The number of hydrogen-bond acceptors (Lipinski definition) is 4. The lowest BCUT2D eigenvalue weighted by Gasteiger charge is -2.09. The van der Waals surface area contributed by atoms with E-state index in [9.17, 15) is 13.2 Å². The average molecular weight is 289 g/mol. The van der Waals surface area contributed by atoms with Gasteiger partial charge < -0.3 is 5.32 Å². The Labute approximate surface area is 111 Å². The summed E-state index contributed by atoms with van der Waals surface area (Å²) in [5.41, 5.74) is 0.0840. The molecule has 0 saturated heterocycles. The van der Waals surface area contributed by atoms with E-state index in [1.165, 1.54) is 6.07 Å². The molecule has 4 nitrogen and oxygen atoms in total. The summed E-state index contributed by atoms with van der Waals surface area (Å²) in [6.07, 6.45) is -3.47. The van der Waals surface area contributed by atoms with Crippen LogP contribution in [0.25, 0.3) is 0 Å². The van der Waals surface area contributed by atoms with Crippen molar-refractivity contribution in [2.45, 2.75) is 13.1 Å². The monoisotopic (exact) mass is 288 g/mol. The number of alkyl halides is 3. The van der Waals surface area contributed by atoms with Gasteiger partial charge in [0.15, 0.2) is 0 Å². The van der Waals surface area contributed by atoms with Gasteiger partial charge in [-0.15, -0.1) is 0 Å². The predicted octanol–water partition coefficient (Wildman–Crippen LogP) is 3.60. The van der Waals surface area contributed by atoms with Gasteiger partial charge in [-0.25, -0.2) is 15.0 Å². The summed E-state index contributed by atoms with van der Waals surface area (Å²) in [6, 6.07) is 3.89. The summed E-state index contributed by atoms with van der Waals surface area (Å²) in [6.45, 7) is 1.71. The smallest absolute Gasteiger partial charge is 0.324 e. The van der Waals surface area contributed by atoms with E-state index in [1.807, 2.05) is 0 Å². The van der Waals surface area contributed by atoms with Crippen LogP contribution >= 0.6 is 11.6 Å². The fourth-order valence-electron chi connectivity index (χ4n) is 1.41. The van der Waals surface area contributed by atoms with E-state index in [-0.39, 0.29) is 11.1 Å². The quantitative estimate of drug-likeness (QED) is 0.858. The van der Waals surface area contributed by atoms with Gasteiger partial charge in [0.2, 0.25) is 5.95 Å². The molecule has 19 heavy (non-hydrogen) atoms. The molecule has 0 aliphatic carbocycles. The molecule has 0 bridgehead atoms. The molecule has 0 saturated carbocycles. The van der Waals surface area contributed by atoms with Crippen molar-refractivity contribution in [2.24, 2.45) is 0 Å². The molecule has 0 radical (unpaired) electrons. The third kappa shape index (κ3) is 3.54. The Morgan fingerprint density at radius 2 is 1.95 bits per heavy atom. The Hall–Kier alpha value is -1.89. The SMILES string of the molecule is Cc1cc(Nc2nccc(C(F)(F)F)n2)cc(Cl)n1. The van der Waals surface area contributed by atoms with Gasteiger partial charge in [0.1, 0.15) is 10.8 Å². The van der Waals surface area contributed by atoms with E-state index in [0.717, 1.165) is 12.3 Å². The van der Waals surface area contributed by atoms with Crippen LogP contribution in [0.2, 0.25) is 5.15 Å². The maximum atomic E-state index is 12.5. The van der Waals surface area contributed by atoms with Crippen molar-refractivity contribution < 1.29 is 13.2 Å². The molecule has 0 aromatic carbocycles. The molecule has 0 aliphatic heterocycles. The maximum absolute atomic E-state index is 12.5. The van der Waals surface area contributed by atoms with Crippen molar-refractivity contribution >= 4 is 23.2 Å². The van der Waals surface area contributed by atoms with Crippen LogP contribution in [0.5, 0.6) is 0 Å². The molecule has 0 unspecified atom stereocenters. The zero-order valence-electron chi connectivity index (χ0n) is 9.66. The highest BCUT2D eigenvalue weighted by atomic mass is 35.5. The summed E-state index contributed by atoms with van der Waals surface area (Å²) >= 11 is 5.75. The average Bonchev–Trinajstić information content (AvgIpc) is 2.26. The van der Waals surface area contributed by atoms with Crippen LogP contribution in [0.3, 0.4) is 0 Å². The molecule has 2 aromatic heterocycles.